The lowest BCUT2D eigenvalue weighted by Gasteiger charge is -1.90. The minimum absolute atomic E-state index is 0.292. The fourth-order valence-corrected chi connectivity index (χ4v) is 0.610. The summed E-state index contributed by atoms with van der Waals surface area (Å²) in [6.07, 6.45) is 1.74. The van der Waals surface area contributed by atoms with Gasteiger partial charge in [0.2, 0.25) is 0 Å². The number of phenolic OH excluding ortho intramolecular Hbond substituents is 1. The third-order valence-corrected chi connectivity index (χ3v) is 1.13. The van der Waals surface area contributed by atoms with E-state index in [0.29, 0.717) is 5.75 Å². The number of benzene rings is 1. The molecule has 13 heavy (non-hydrogen) atoms. The lowest BCUT2D eigenvalue weighted by atomic mass is 10.2. The summed E-state index contributed by atoms with van der Waals surface area (Å²) in [5, 5.41) is 8.82. The van der Waals surface area contributed by atoms with Gasteiger partial charge in [-0.3, -0.25) is 0 Å². The van der Waals surface area contributed by atoms with Crippen molar-refractivity contribution in [2.45, 2.75) is 13.8 Å². The molecule has 0 aliphatic carbocycles. The fraction of sp³-hybridized carbons (Fsp3) is 0.167. The van der Waals surface area contributed by atoms with Crippen LogP contribution in [-0.4, -0.2) is 5.11 Å². The van der Waals surface area contributed by atoms with Gasteiger partial charge in [0.15, 0.2) is 0 Å². The highest BCUT2D eigenvalue weighted by Crippen LogP contribution is 2.09. The van der Waals surface area contributed by atoms with E-state index in [9.17, 15) is 0 Å². The molecule has 0 bridgehead atoms. The SMILES string of the molecule is C=C.C=Cc1ccc(O)cc1.CC. The van der Waals surface area contributed by atoms with Crippen molar-refractivity contribution in [1.82, 2.24) is 0 Å². The summed E-state index contributed by atoms with van der Waals surface area (Å²) >= 11 is 0. The molecule has 1 N–H and O–H groups in total. The Morgan fingerprint density at radius 2 is 1.46 bits per heavy atom. The maximum atomic E-state index is 8.82. The highest BCUT2D eigenvalue weighted by molar-refractivity contribution is 5.47. The molecule has 1 aromatic rings. The molecule has 0 spiro atoms. The topological polar surface area (TPSA) is 20.2 Å². The number of rotatable bonds is 1. The largest absolute Gasteiger partial charge is 0.508 e. The first-order valence-electron chi connectivity index (χ1n) is 4.24. The first-order chi connectivity index (χ1) is 6.33. The maximum absolute atomic E-state index is 8.82. The molecule has 0 amide bonds. The van der Waals surface area contributed by atoms with Gasteiger partial charge in [-0.05, 0) is 17.7 Å². The summed E-state index contributed by atoms with van der Waals surface area (Å²) < 4.78 is 0. The van der Waals surface area contributed by atoms with Crippen molar-refractivity contribution in [1.29, 1.82) is 0 Å². The number of phenols is 1. The third-order valence-electron chi connectivity index (χ3n) is 1.13. The molecule has 0 radical (unpaired) electrons. The highest BCUT2D eigenvalue weighted by atomic mass is 16.3. The molecule has 0 saturated heterocycles. The Labute approximate surface area is 81.0 Å². The van der Waals surface area contributed by atoms with Crippen molar-refractivity contribution in [3.63, 3.8) is 0 Å². The summed E-state index contributed by atoms with van der Waals surface area (Å²) in [6.45, 7) is 13.6. The molecule has 0 aromatic heterocycles. The normalized spacial score (nSPS) is 6.92. The molecular formula is C12H18O. The highest BCUT2D eigenvalue weighted by Gasteiger charge is 1.84. The Bertz CT molecular complexity index is 211. The van der Waals surface area contributed by atoms with Gasteiger partial charge < -0.3 is 5.11 Å². The summed E-state index contributed by atoms with van der Waals surface area (Å²) in [7, 11) is 0. The molecule has 0 heterocycles. The molecule has 0 aliphatic heterocycles. The first-order valence-corrected chi connectivity index (χ1v) is 4.24. The average molecular weight is 178 g/mol. The van der Waals surface area contributed by atoms with Crippen molar-refractivity contribution in [2.24, 2.45) is 0 Å². The van der Waals surface area contributed by atoms with Gasteiger partial charge in [-0.25, -0.2) is 0 Å². The minimum Gasteiger partial charge on any atom is -0.508 e. The molecule has 0 fully saturated rings. The van der Waals surface area contributed by atoms with Gasteiger partial charge in [0, 0.05) is 0 Å². The molecule has 0 atom stereocenters. The smallest absolute Gasteiger partial charge is 0.115 e. The van der Waals surface area contributed by atoms with Crippen LogP contribution < -0.4 is 0 Å². The van der Waals surface area contributed by atoms with Crippen molar-refractivity contribution in [3.05, 3.63) is 49.6 Å². The fourth-order valence-electron chi connectivity index (χ4n) is 0.610. The van der Waals surface area contributed by atoms with Gasteiger partial charge in [-0.15, -0.1) is 13.2 Å². The Morgan fingerprint density at radius 3 is 1.77 bits per heavy atom. The predicted octanol–water partition coefficient (Wildman–Crippen LogP) is 3.86. The van der Waals surface area contributed by atoms with Gasteiger partial charge in [0.1, 0.15) is 5.75 Å². The zero-order valence-corrected chi connectivity index (χ0v) is 8.46. The number of aromatic hydroxyl groups is 1. The summed E-state index contributed by atoms with van der Waals surface area (Å²) in [4.78, 5) is 0. The second-order valence-electron chi connectivity index (χ2n) is 1.80. The van der Waals surface area contributed by atoms with Gasteiger partial charge in [0.05, 0.1) is 0 Å². The number of hydrogen-bond donors (Lipinski definition) is 1. The molecule has 1 heteroatoms. The van der Waals surface area contributed by atoms with Crippen molar-refractivity contribution >= 4 is 6.08 Å². The average Bonchev–Trinajstić information content (AvgIpc) is 2.25. The van der Waals surface area contributed by atoms with Crippen molar-refractivity contribution < 1.29 is 5.11 Å². The molecule has 1 rings (SSSR count). The van der Waals surface area contributed by atoms with Crippen molar-refractivity contribution in [2.75, 3.05) is 0 Å². The lowest BCUT2D eigenvalue weighted by molar-refractivity contribution is 0.475. The van der Waals surface area contributed by atoms with Gasteiger partial charge in [-0.2, -0.15) is 0 Å². The van der Waals surface area contributed by atoms with Crippen molar-refractivity contribution in [3.8, 4) is 5.75 Å². The van der Waals surface area contributed by atoms with Gasteiger partial charge >= 0.3 is 0 Å². The van der Waals surface area contributed by atoms with Crippen LogP contribution in [0.15, 0.2) is 44.0 Å². The second-order valence-corrected chi connectivity index (χ2v) is 1.80. The van der Waals surface area contributed by atoms with Crippen LogP contribution in [-0.2, 0) is 0 Å². The Hall–Kier alpha value is -1.50. The van der Waals surface area contributed by atoms with Crippen LogP contribution in [0, 0.1) is 0 Å². The van der Waals surface area contributed by atoms with Crippen LogP contribution in [0.1, 0.15) is 19.4 Å². The van der Waals surface area contributed by atoms with E-state index < -0.39 is 0 Å². The van der Waals surface area contributed by atoms with Gasteiger partial charge in [0.25, 0.3) is 0 Å². The minimum atomic E-state index is 0.292. The van der Waals surface area contributed by atoms with E-state index in [1.54, 1.807) is 18.2 Å². The molecule has 0 aliphatic rings. The summed E-state index contributed by atoms with van der Waals surface area (Å²) in [5.41, 5.74) is 1.02. The maximum Gasteiger partial charge on any atom is 0.115 e. The van der Waals surface area contributed by atoms with E-state index in [1.165, 1.54) is 0 Å². The summed E-state index contributed by atoms with van der Waals surface area (Å²) in [5.74, 6) is 0.292. The molecule has 0 saturated carbocycles. The third kappa shape index (κ3) is 6.88. The molecule has 1 nitrogen and oxygen atoms in total. The lowest BCUT2D eigenvalue weighted by Crippen LogP contribution is -1.67. The summed E-state index contributed by atoms with van der Waals surface area (Å²) in [6, 6.07) is 6.89. The zero-order valence-electron chi connectivity index (χ0n) is 8.46. The van der Waals surface area contributed by atoms with E-state index in [4.69, 9.17) is 5.11 Å². The zero-order chi connectivity index (χ0) is 10.7. The second kappa shape index (κ2) is 10.5. The monoisotopic (exact) mass is 178 g/mol. The van der Waals surface area contributed by atoms with E-state index >= 15 is 0 Å². The molecule has 1 aromatic carbocycles. The van der Waals surface area contributed by atoms with Crippen LogP contribution in [0.5, 0.6) is 5.75 Å². The Balaban J connectivity index is 0. The number of hydrogen-bond acceptors (Lipinski definition) is 1. The van der Waals surface area contributed by atoms with Gasteiger partial charge in [-0.1, -0.05) is 38.6 Å². The van der Waals surface area contributed by atoms with Crippen LogP contribution >= 0.6 is 0 Å². The van der Waals surface area contributed by atoms with E-state index in [2.05, 4.69) is 19.7 Å². The van der Waals surface area contributed by atoms with E-state index in [-0.39, 0.29) is 0 Å². The van der Waals surface area contributed by atoms with Crippen LogP contribution in [0.25, 0.3) is 6.08 Å². The van der Waals surface area contributed by atoms with E-state index in [1.807, 2.05) is 26.0 Å². The first kappa shape index (κ1) is 14.0. The Morgan fingerprint density at radius 1 is 1.08 bits per heavy atom. The van der Waals surface area contributed by atoms with E-state index in [0.717, 1.165) is 5.56 Å². The Kier molecular flexibility index (Phi) is 11.3. The standard InChI is InChI=1S/C8H8O.C2H6.C2H4/c1-2-7-3-5-8(9)6-4-7;2*1-2/h2-6,9H,1H2;1-2H3;1-2H2. The molecular weight excluding hydrogens is 160 g/mol. The predicted molar refractivity (Wildman–Crippen MR) is 60.8 cm³/mol. The van der Waals surface area contributed by atoms with Crippen LogP contribution in [0.3, 0.4) is 0 Å². The van der Waals surface area contributed by atoms with Crippen LogP contribution in [0.2, 0.25) is 0 Å². The molecule has 72 valence electrons. The molecule has 0 unspecified atom stereocenters. The van der Waals surface area contributed by atoms with Crippen LogP contribution in [0.4, 0.5) is 0 Å². The quantitative estimate of drug-likeness (QED) is 0.647.